The fourth-order valence-electron chi connectivity index (χ4n) is 2.40. The summed E-state index contributed by atoms with van der Waals surface area (Å²) in [6.07, 6.45) is 1.06. The number of methoxy groups -OCH3 is 1. The van der Waals surface area contributed by atoms with Crippen LogP contribution in [0.15, 0.2) is 18.2 Å². The summed E-state index contributed by atoms with van der Waals surface area (Å²) in [5, 5.41) is 20.4. The number of nitrogens with zero attached hydrogens (tertiary/aromatic N) is 2. The van der Waals surface area contributed by atoms with Crippen molar-refractivity contribution >= 4 is 17.6 Å². The molecule has 1 aliphatic heterocycles. The third-order valence-electron chi connectivity index (χ3n) is 3.39. The number of esters is 1. The smallest absolute Gasteiger partial charge is 0.328 e. The van der Waals surface area contributed by atoms with Crippen molar-refractivity contribution in [2.24, 2.45) is 0 Å². The third-order valence-corrected chi connectivity index (χ3v) is 3.39. The number of phenols is 1. The molecule has 0 aromatic heterocycles. The minimum Gasteiger partial charge on any atom is -0.508 e. The summed E-state index contributed by atoms with van der Waals surface area (Å²) in [6, 6.07) is 2.49. The lowest BCUT2D eigenvalue weighted by molar-refractivity contribution is -0.385. The Morgan fingerprint density at radius 1 is 1.48 bits per heavy atom. The molecule has 21 heavy (non-hydrogen) atoms. The summed E-state index contributed by atoms with van der Waals surface area (Å²) in [7, 11) is 1.22. The zero-order valence-electron chi connectivity index (χ0n) is 11.3. The molecule has 112 valence electrons. The highest BCUT2D eigenvalue weighted by atomic mass is 16.6. The van der Waals surface area contributed by atoms with Crippen LogP contribution in [0.1, 0.15) is 23.2 Å². The van der Waals surface area contributed by atoms with Gasteiger partial charge in [0.15, 0.2) is 0 Å². The molecular formula is C13H14N2O6. The molecule has 0 spiro atoms. The highest BCUT2D eigenvalue weighted by molar-refractivity contribution is 6.00. The predicted molar refractivity (Wildman–Crippen MR) is 70.8 cm³/mol. The maximum Gasteiger partial charge on any atom is 0.328 e. The van der Waals surface area contributed by atoms with Crippen LogP contribution in [0.25, 0.3) is 0 Å². The summed E-state index contributed by atoms with van der Waals surface area (Å²) >= 11 is 0. The number of benzene rings is 1. The Kier molecular flexibility index (Phi) is 4.06. The van der Waals surface area contributed by atoms with E-state index in [0.717, 1.165) is 18.2 Å². The van der Waals surface area contributed by atoms with Crippen molar-refractivity contribution in [3.05, 3.63) is 33.9 Å². The van der Waals surface area contributed by atoms with Gasteiger partial charge in [-0.05, 0) is 25.0 Å². The van der Waals surface area contributed by atoms with Gasteiger partial charge in [0.05, 0.1) is 12.0 Å². The van der Waals surface area contributed by atoms with Crippen LogP contribution in [-0.4, -0.2) is 46.5 Å². The van der Waals surface area contributed by atoms with Crippen molar-refractivity contribution in [1.82, 2.24) is 4.90 Å². The molecule has 1 amide bonds. The number of hydrogen-bond acceptors (Lipinski definition) is 6. The average molecular weight is 294 g/mol. The van der Waals surface area contributed by atoms with Gasteiger partial charge in [-0.25, -0.2) is 4.79 Å². The fraction of sp³-hybridized carbons (Fsp3) is 0.385. The van der Waals surface area contributed by atoms with Gasteiger partial charge in [0, 0.05) is 12.6 Å². The van der Waals surface area contributed by atoms with E-state index in [2.05, 4.69) is 4.74 Å². The van der Waals surface area contributed by atoms with Gasteiger partial charge in [-0.3, -0.25) is 14.9 Å². The van der Waals surface area contributed by atoms with Gasteiger partial charge in [-0.2, -0.15) is 0 Å². The van der Waals surface area contributed by atoms with Crippen LogP contribution < -0.4 is 0 Å². The maximum absolute atomic E-state index is 12.5. The zero-order chi connectivity index (χ0) is 15.6. The normalized spacial score (nSPS) is 17.6. The van der Waals surface area contributed by atoms with E-state index in [9.17, 15) is 24.8 Å². The number of carbonyl (C=O) groups is 2. The fourth-order valence-corrected chi connectivity index (χ4v) is 2.40. The lowest BCUT2D eigenvalue weighted by Gasteiger charge is -2.22. The zero-order valence-corrected chi connectivity index (χ0v) is 11.3. The van der Waals surface area contributed by atoms with Crippen molar-refractivity contribution in [1.29, 1.82) is 0 Å². The van der Waals surface area contributed by atoms with Crippen molar-refractivity contribution < 1.29 is 24.4 Å². The molecule has 1 heterocycles. The molecule has 1 aromatic carbocycles. The number of amides is 1. The van der Waals surface area contributed by atoms with Gasteiger partial charge in [0.25, 0.3) is 11.6 Å². The number of rotatable bonds is 3. The van der Waals surface area contributed by atoms with Crippen LogP contribution in [-0.2, 0) is 9.53 Å². The van der Waals surface area contributed by atoms with E-state index in [-0.39, 0.29) is 11.3 Å². The van der Waals surface area contributed by atoms with Gasteiger partial charge < -0.3 is 14.7 Å². The number of aromatic hydroxyl groups is 1. The van der Waals surface area contributed by atoms with Crippen molar-refractivity contribution in [3.8, 4) is 5.75 Å². The first-order chi connectivity index (χ1) is 9.95. The van der Waals surface area contributed by atoms with E-state index in [4.69, 9.17) is 0 Å². The van der Waals surface area contributed by atoms with E-state index in [0.29, 0.717) is 19.4 Å². The van der Waals surface area contributed by atoms with Crippen LogP contribution in [0.4, 0.5) is 5.69 Å². The highest BCUT2D eigenvalue weighted by Gasteiger charge is 2.37. The molecule has 1 saturated heterocycles. The standard InChI is InChI=1S/C13H14N2O6/c1-21-13(18)11-3-2-6-14(11)12(17)9-7-8(16)4-5-10(9)15(19)20/h4-5,7,11,16H,2-3,6H2,1H3. The first kappa shape index (κ1) is 14.8. The minimum absolute atomic E-state index is 0.240. The largest absolute Gasteiger partial charge is 0.508 e. The van der Waals surface area contributed by atoms with Crippen molar-refractivity contribution in [3.63, 3.8) is 0 Å². The van der Waals surface area contributed by atoms with Crippen LogP contribution in [0, 0.1) is 10.1 Å². The molecule has 1 atom stereocenters. The van der Waals surface area contributed by atoms with Crippen molar-refractivity contribution in [2.45, 2.75) is 18.9 Å². The Morgan fingerprint density at radius 3 is 2.81 bits per heavy atom. The molecule has 0 bridgehead atoms. The lowest BCUT2D eigenvalue weighted by atomic mass is 10.1. The molecule has 0 aliphatic carbocycles. The van der Waals surface area contributed by atoms with Gasteiger partial charge in [-0.15, -0.1) is 0 Å². The van der Waals surface area contributed by atoms with E-state index in [1.54, 1.807) is 0 Å². The van der Waals surface area contributed by atoms with Crippen LogP contribution >= 0.6 is 0 Å². The Morgan fingerprint density at radius 2 is 2.19 bits per heavy atom. The number of nitro groups is 1. The number of phenolic OH excluding ortho intramolecular Hbond substituents is 1. The van der Waals surface area contributed by atoms with Gasteiger partial charge in [-0.1, -0.05) is 0 Å². The van der Waals surface area contributed by atoms with Gasteiger partial charge in [0.2, 0.25) is 0 Å². The van der Waals surface area contributed by atoms with E-state index < -0.39 is 28.5 Å². The maximum atomic E-state index is 12.5. The molecular weight excluding hydrogens is 280 g/mol. The SMILES string of the molecule is COC(=O)C1CCCN1C(=O)c1cc(O)ccc1[N+](=O)[O-]. The molecule has 0 saturated carbocycles. The third kappa shape index (κ3) is 2.78. The Labute approximate surface area is 120 Å². The van der Waals surface area contributed by atoms with Crippen LogP contribution in [0.5, 0.6) is 5.75 Å². The minimum atomic E-state index is -0.746. The Balaban J connectivity index is 2.37. The average Bonchev–Trinajstić information content (AvgIpc) is 2.94. The van der Waals surface area contributed by atoms with Gasteiger partial charge >= 0.3 is 5.97 Å². The summed E-state index contributed by atoms with van der Waals surface area (Å²) in [4.78, 5) is 35.6. The summed E-state index contributed by atoms with van der Waals surface area (Å²) in [6.45, 7) is 0.311. The van der Waals surface area contributed by atoms with Crippen LogP contribution in [0.3, 0.4) is 0 Å². The number of ether oxygens (including phenoxy) is 1. The molecule has 0 radical (unpaired) electrons. The number of nitro benzene ring substituents is 1. The number of carbonyl (C=O) groups excluding carboxylic acids is 2. The molecule has 8 nitrogen and oxygen atoms in total. The number of hydrogen-bond donors (Lipinski definition) is 1. The molecule has 1 fully saturated rings. The first-order valence-electron chi connectivity index (χ1n) is 6.32. The Bertz CT molecular complexity index is 600. The van der Waals surface area contributed by atoms with E-state index >= 15 is 0 Å². The van der Waals surface area contributed by atoms with E-state index in [1.807, 2.05) is 0 Å². The first-order valence-corrected chi connectivity index (χ1v) is 6.32. The van der Waals surface area contributed by atoms with E-state index in [1.165, 1.54) is 12.0 Å². The second-order valence-electron chi connectivity index (χ2n) is 4.64. The summed E-state index contributed by atoms with van der Waals surface area (Å²) in [5.74, 6) is -1.47. The topological polar surface area (TPSA) is 110 Å². The second-order valence-corrected chi connectivity index (χ2v) is 4.64. The molecule has 1 N–H and O–H groups in total. The summed E-state index contributed by atoms with van der Waals surface area (Å²) in [5.41, 5.74) is -0.649. The molecule has 1 aliphatic rings. The quantitative estimate of drug-likeness (QED) is 0.507. The molecule has 1 unspecified atom stereocenters. The number of likely N-dealkylation sites (tertiary alicyclic amines) is 1. The molecule has 2 rings (SSSR count). The van der Waals surface area contributed by atoms with Gasteiger partial charge in [0.1, 0.15) is 17.4 Å². The second kappa shape index (κ2) is 5.78. The highest BCUT2D eigenvalue weighted by Crippen LogP contribution is 2.28. The molecule has 1 aromatic rings. The lowest BCUT2D eigenvalue weighted by Crippen LogP contribution is -2.41. The Hall–Kier alpha value is -2.64. The molecule has 8 heteroatoms. The monoisotopic (exact) mass is 294 g/mol. The van der Waals surface area contributed by atoms with Crippen molar-refractivity contribution in [2.75, 3.05) is 13.7 Å². The van der Waals surface area contributed by atoms with Crippen LogP contribution in [0.2, 0.25) is 0 Å². The summed E-state index contributed by atoms with van der Waals surface area (Å²) < 4.78 is 4.64. The predicted octanol–water partition coefficient (Wildman–Crippen LogP) is 1.08.